The lowest BCUT2D eigenvalue weighted by Crippen LogP contribution is -2.27. The molecule has 0 aromatic carbocycles. The number of likely N-dealkylation sites (N-methyl/N-ethyl adjacent to an activating group) is 1. The lowest BCUT2D eigenvalue weighted by atomic mass is 10.3. The van der Waals surface area contributed by atoms with Crippen molar-refractivity contribution < 1.29 is 9.84 Å². The molecule has 0 amide bonds. The number of methoxy groups -OCH3 is 1. The number of aromatic nitrogens is 2. The van der Waals surface area contributed by atoms with Crippen LogP contribution in [0.1, 0.15) is 12.6 Å². The van der Waals surface area contributed by atoms with E-state index in [0.29, 0.717) is 12.4 Å². The Bertz CT molecular complexity index is 522. The summed E-state index contributed by atoms with van der Waals surface area (Å²) in [6, 6.07) is 7.94. The summed E-state index contributed by atoms with van der Waals surface area (Å²) in [5.74, 6) is 0.609. The van der Waals surface area contributed by atoms with Gasteiger partial charge in [0.15, 0.2) is 0 Å². The first kappa shape index (κ1) is 14.6. The van der Waals surface area contributed by atoms with Gasteiger partial charge in [0, 0.05) is 31.0 Å². The van der Waals surface area contributed by atoms with Crippen molar-refractivity contribution in [1.29, 1.82) is 0 Å². The Morgan fingerprint density at radius 1 is 1.35 bits per heavy atom. The van der Waals surface area contributed by atoms with Gasteiger partial charge in [-0.3, -0.25) is 4.90 Å². The Hall–Kier alpha value is -1.85. The molecular weight excluding hydrogens is 254 g/mol. The highest BCUT2D eigenvalue weighted by Crippen LogP contribution is 2.16. The van der Waals surface area contributed by atoms with Crippen molar-refractivity contribution in [2.45, 2.75) is 13.5 Å². The standard InChI is InChI=1S/C15H21N3O2/c1-3-17(9-10-19)12-14-5-4-8-18(14)13-6-7-15(20-2)16-11-13/h4-8,11,19H,3,9-10,12H2,1-2H3. The smallest absolute Gasteiger partial charge is 0.213 e. The summed E-state index contributed by atoms with van der Waals surface area (Å²) in [6.45, 7) is 4.67. The van der Waals surface area contributed by atoms with Crippen molar-refractivity contribution in [3.63, 3.8) is 0 Å². The first-order chi connectivity index (χ1) is 9.78. The van der Waals surface area contributed by atoms with Gasteiger partial charge in [-0.25, -0.2) is 4.98 Å². The molecule has 2 aromatic rings. The van der Waals surface area contributed by atoms with Crippen LogP contribution in [0.15, 0.2) is 36.7 Å². The maximum atomic E-state index is 9.07. The number of nitrogens with zero attached hydrogens (tertiary/aromatic N) is 3. The molecule has 2 rings (SSSR count). The molecule has 0 saturated carbocycles. The Labute approximate surface area is 119 Å². The number of pyridine rings is 1. The highest BCUT2D eigenvalue weighted by molar-refractivity contribution is 5.34. The van der Waals surface area contributed by atoms with Crippen molar-refractivity contribution in [1.82, 2.24) is 14.5 Å². The summed E-state index contributed by atoms with van der Waals surface area (Å²) < 4.78 is 7.18. The average molecular weight is 275 g/mol. The molecule has 0 atom stereocenters. The largest absolute Gasteiger partial charge is 0.481 e. The van der Waals surface area contributed by atoms with Gasteiger partial charge in [0.25, 0.3) is 0 Å². The van der Waals surface area contributed by atoms with Gasteiger partial charge in [0.05, 0.1) is 25.6 Å². The van der Waals surface area contributed by atoms with Crippen molar-refractivity contribution in [3.05, 3.63) is 42.4 Å². The molecule has 1 N–H and O–H groups in total. The van der Waals surface area contributed by atoms with Crippen LogP contribution in [0.5, 0.6) is 5.88 Å². The number of hydrogen-bond acceptors (Lipinski definition) is 4. The van der Waals surface area contributed by atoms with Crippen molar-refractivity contribution in [3.8, 4) is 11.6 Å². The number of hydrogen-bond donors (Lipinski definition) is 1. The summed E-state index contributed by atoms with van der Waals surface area (Å²) >= 11 is 0. The number of aliphatic hydroxyl groups is 1. The zero-order valence-corrected chi connectivity index (χ0v) is 12.0. The van der Waals surface area contributed by atoms with Gasteiger partial charge in [-0.15, -0.1) is 0 Å². The minimum absolute atomic E-state index is 0.179. The normalized spacial score (nSPS) is 11.0. The van der Waals surface area contributed by atoms with Gasteiger partial charge >= 0.3 is 0 Å². The second-order valence-corrected chi connectivity index (χ2v) is 4.52. The fourth-order valence-electron chi connectivity index (χ4n) is 2.15. The van der Waals surface area contributed by atoms with Crippen molar-refractivity contribution in [2.24, 2.45) is 0 Å². The molecule has 0 bridgehead atoms. The van der Waals surface area contributed by atoms with Gasteiger partial charge < -0.3 is 14.4 Å². The molecule has 2 heterocycles. The maximum absolute atomic E-state index is 9.07. The van der Waals surface area contributed by atoms with Crippen molar-refractivity contribution in [2.75, 3.05) is 26.8 Å². The number of ether oxygens (including phenoxy) is 1. The molecule has 0 aliphatic heterocycles. The molecule has 2 aromatic heterocycles. The van der Waals surface area contributed by atoms with Gasteiger partial charge in [0.1, 0.15) is 0 Å². The van der Waals surface area contributed by atoms with Crippen LogP contribution < -0.4 is 4.74 Å². The van der Waals surface area contributed by atoms with Gasteiger partial charge in [-0.05, 0) is 24.7 Å². The molecule has 0 unspecified atom stereocenters. The van der Waals surface area contributed by atoms with Gasteiger partial charge in [-0.2, -0.15) is 0 Å². The van der Waals surface area contributed by atoms with E-state index in [9.17, 15) is 0 Å². The Morgan fingerprint density at radius 3 is 2.80 bits per heavy atom. The van der Waals surface area contributed by atoms with Crippen LogP contribution in [0.3, 0.4) is 0 Å². The van der Waals surface area contributed by atoms with Crippen LogP contribution in [0.25, 0.3) is 5.69 Å². The lowest BCUT2D eigenvalue weighted by Gasteiger charge is -2.20. The molecule has 5 heteroatoms. The minimum Gasteiger partial charge on any atom is -0.481 e. The molecule has 0 spiro atoms. The second-order valence-electron chi connectivity index (χ2n) is 4.52. The third kappa shape index (κ3) is 3.37. The first-order valence-corrected chi connectivity index (χ1v) is 6.78. The van der Waals surface area contributed by atoms with E-state index in [0.717, 1.165) is 18.8 Å². The van der Waals surface area contributed by atoms with E-state index in [-0.39, 0.29) is 6.61 Å². The van der Waals surface area contributed by atoms with E-state index >= 15 is 0 Å². The predicted octanol–water partition coefficient (Wildman–Crippen LogP) is 1.70. The summed E-state index contributed by atoms with van der Waals surface area (Å²) in [7, 11) is 1.61. The summed E-state index contributed by atoms with van der Waals surface area (Å²) in [6.07, 6.45) is 3.82. The van der Waals surface area contributed by atoms with E-state index in [2.05, 4.69) is 27.4 Å². The van der Waals surface area contributed by atoms with E-state index in [1.165, 1.54) is 5.69 Å². The zero-order chi connectivity index (χ0) is 14.4. The summed E-state index contributed by atoms with van der Waals surface area (Å²) in [5, 5.41) is 9.07. The molecular formula is C15H21N3O2. The molecule has 0 radical (unpaired) electrons. The maximum Gasteiger partial charge on any atom is 0.213 e. The van der Waals surface area contributed by atoms with E-state index in [4.69, 9.17) is 9.84 Å². The Balaban J connectivity index is 2.18. The van der Waals surface area contributed by atoms with Gasteiger partial charge in [-0.1, -0.05) is 6.92 Å². The fraction of sp³-hybridized carbons (Fsp3) is 0.400. The first-order valence-electron chi connectivity index (χ1n) is 6.78. The summed E-state index contributed by atoms with van der Waals surface area (Å²) in [4.78, 5) is 6.43. The van der Waals surface area contributed by atoms with Crippen LogP contribution in [0.4, 0.5) is 0 Å². The SMILES string of the molecule is CCN(CCO)Cc1cccn1-c1ccc(OC)nc1. The second kappa shape index (κ2) is 7.07. The monoisotopic (exact) mass is 275 g/mol. The quantitative estimate of drug-likeness (QED) is 0.835. The topological polar surface area (TPSA) is 50.5 Å². The van der Waals surface area contributed by atoms with Crippen LogP contribution in [0.2, 0.25) is 0 Å². The van der Waals surface area contributed by atoms with E-state index < -0.39 is 0 Å². The predicted molar refractivity (Wildman–Crippen MR) is 78.2 cm³/mol. The van der Waals surface area contributed by atoms with Crippen LogP contribution in [-0.2, 0) is 6.54 Å². The van der Waals surface area contributed by atoms with Crippen LogP contribution >= 0.6 is 0 Å². The van der Waals surface area contributed by atoms with Crippen molar-refractivity contribution >= 4 is 0 Å². The van der Waals surface area contributed by atoms with Gasteiger partial charge in [0.2, 0.25) is 5.88 Å². The Morgan fingerprint density at radius 2 is 2.20 bits per heavy atom. The number of rotatable bonds is 7. The molecule has 0 saturated heterocycles. The van der Waals surface area contributed by atoms with E-state index in [1.807, 2.05) is 24.4 Å². The minimum atomic E-state index is 0.179. The zero-order valence-electron chi connectivity index (χ0n) is 12.0. The molecule has 5 nitrogen and oxygen atoms in total. The highest BCUT2D eigenvalue weighted by Gasteiger charge is 2.08. The lowest BCUT2D eigenvalue weighted by molar-refractivity contribution is 0.195. The average Bonchev–Trinajstić information content (AvgIpc) is 2.95. The van der Waals surface area contributed by atoms with Crippen LogP contribution in [-0.4, -0.2) is 46.4 Å². The fourth-order valence-corrected chi connectivity index (χ4v) is 2.15. The third-order valence-corrected chi connectivity index (χ3v) is 3.29. The molecule has 0 aliphatic rings. The molecule has 0 aliphatic carbocycles. The van der Waals surface area contributed by atoms with E-state index in [1.54, 1.807) is 13.3 Å². The highest BCUT2D eigenvalue weighted by atomic mass is 16.5. The van der Waals surface area contributed by atoms with Crippen LogP contribution in [0, 0.1) is 0 Å². The number of aliphatic hydroxyl groups excluding tert-OH is 1. The molecule has 108 valence electrons. The summed E-state index contributed by atoms with van der Waals surface area (Å²) in [5.41, 5.74) is 2.18. The third-order valence-electron chi connectivity index (χ3n) is 3.29. The molecule has 0 fully saturated rings. The Kier molecular flexibility index (Phi) is 5.15. The molecule has 20 heavy (non-hydrogen) atoms.